The molecule has 0 radical (unpaired) electrons. The van der Waals surface area contributed by atoms with E-state index in [1.807, 2.05) is 17.9 Å². The molecule has 4 rings (SSSR count). The van der Waals surface area contributed by atoms with Gasteiger partial charge in [0.25, 0.3) is 0 Å². The molecule has 1 N–H and O–H groups in total. The van der Waals surface area contributed by atoms with Crippen LogP contribution in [0.2, 0.25) is 0 Å². The lowest BCUT2D eigenvalue weighted by Gasteiger charge is -2.38. The van der Waals surface area contributed by atoms with Crippen molar-refractivity contribution in [3.8, 4) is 0 Å². The number of rotatable bonds is 7. The van der Waals surface area contributed by atoms with Crippen molar-refractivity contribution in [3.05, 3.63) is 29.8 Å². The maximum atomic E-state index is 11.4. The molecule has 10 nitrogen and oxygen atoms in total. The van der Waals surface area contributed by atoms with Crippen molar-refractivity contribution in [2.75, 3.05) is 61.9 Å². The molecule has 2 aromatic rings. The summed E-state index contributed by atoms with van der Waals surface area (Å²) < 4.78 is 27.3. The van der Waals surface area contributed by atoms with Crippen molar-refractivity contribution in [2.45, 2.75) is 26.3 Å². The second kappa shape index (κ2) is 9.72. The lowest BCUT2D eigenvalue weighted by molar-refractivity contribution is 0.248. The van der Waals surface area contributed by atoms with Gasteiger partial charge in [-0.2, -0.15) is 5.10 Å². The zero-order valence-electron chi connectivity index (χ0n) is 19.2. The number of aryl methyl sites for hydroxylation is 1. The second-order valence-electron chi connectivity index (χ2n) is 8.90. The van der Waals surface area contributed by atoms with Gasteiger partial charge >= 0.3 is 0 Å². The smallest absolute Gasteiger partial charge is 0.208 e. The van der Waals surface area contributed by atoms with Crippen LogP contribution in [0.4, 0.5) is 11.6 Å². The fraction of sp³-hybridized carbons (Fsp3) is 0.667. The Morgan fingerprint density at radius 3 is 2.12 bits per heavy atom. The number of piperidine rings is 1. The zero-order chi connectivity index (χ0) is 22.7. The third kappa shape index (κ3) is 5.57. The monoisotopic (exact) mass is 462 g/mol. The minimum Gasteiger partial charge on any atom is -0.354 e. The lowest BCUT2D eigenvalue weighted by atomic mass is 9.97. The number of nitrogens with zero attached hydrogens (tertiary/aromatic N) is 7. The molecule has 2 aliphatic heterocycles. The number of nitrogens with one attached hydrogen (secondary N) is 1. The highest BCUT2D eigenvalue weighted by Crippen LogP contribution is 2.29. The van der Waals surface area contributed by atoms with Gasteiger partial charge in [-0.15, -0.1) is 0 Å². The summed E-state index contributed by atoms with van der Waals surface area (Å²) in [6.45, 7) is 9.07. The van der Waals surface area contributed by atoms with Crippen LogP contribution in [0.15, 0.2) is 18.6 Å². The van der Waals surface area contributed by atoms with Crippen LogP contribution < -0.4 is 14.5 Å². The number of hydrogen-bond acceptors (Lipinski definition) is 8. The topological polar surface area (TPSA) is 99.5 Å². The first-order valence-corrected chi connectivity index (χ1v) is 13.1. The second-order valence-corrected chi connectivity index (χ2v) is 10.7. The summed E-state index contributed by atoms with van der Waals surface area (Å²) in [5, 5.41) is 4.36. The predicted octanol–water partition coefficient (Wildman–Crippen LogP) is 0.606. The third-order valence-electron chi connectivity index (χ3n) is 6.61. The number of piperazine rings is 1. The number of aromatic nitrogens is 4. The van der Waals surface area contributed by atoms with E-state index in [4.69, 9.17) is 0 Å². The molecule has 0 bridgehead atoms. The van der Waals surface area contributed by atoms with Crippen LogP contribution in [0.5, 0.6) is 0 Å². The highest BCUT2D eigenvalue weighted by molar-refractivity contribution is 7.88. The fourth-order valence-electron chi connectivity index (χ4n) is 4.45. The van der Waals surface area contributed by atoms with Gasteiger partial charge < -0.3 is 9.80 Å². The molecule has 0 aromatic carbocycles. The lowest BCUT2D eigenvalue weighted by Crippen LogP contribution is -2.47. The maximum absolute atomic E-state index is 11.4. The molecule has 2 fully saturated rings. The van der Waals surface area contributed by atoms with Crippen LogP contribution in [0.3, 0.4) is 0 Å². The molecule has 0 amide bonds. The third-order valence-corrected chi connectivity index (χ3v) is 7.30. The Morgan fingerprint density at radius 1 is 1.00 bits per heavy atom. The standard InChI is InChI=1S/C21H34N8O2S/c1-17-19(15-24-26(17)2)16-27-10-12-29(13-11-27)21-20(22-6-7-23-21)28-8-4-18(5-9-28)14-25-32(3,30)31/h6-7,15,18,25H,4-5,8-14,16H2,1-3H3. The largest absolute Gasteiger partial charge is 0.354 e. The summed E-state index contributed by atoms with van der Waals surface area (Å²) in [4.78, 5) is 16.5. The molecule has 11 heteroatoms. The van der Waals surface area contributed by atoms with Gasteiger partial charge in [0.1, 0.15) is 0 Å². The molecule has 0 atom stereocenters. The minimum absolute atomic E-state index is 0.362. The molecule has 0 saturated carbocycles. The fourth-order valence-corrected chi connectivity index (χ4v) is 4.98. The average Bonchev–Trinajstić information content (AvgIpc) is 3.10. The van der Waals surface area contributed by atoms with Gasteiger partial charge in [-0.05, 0) is 25.7 Å². The Hall–Kier alpha value is -2.24. The van der Waals surface area contributed by atoms with Crippen molar-refractivity contribution < 1.29 is 8.42 Å². The molecule has 2 aromatic heterocycles. The normalized spacial score (nSPS) is 19.0. The summed E-state index contributed by atoms with van der Waals surface area (Å²) in [6, 6.07) is 0. The van der Waals surface area contributed by atoms with Crippen molar-refractivity contribution >= 4 is 21.7 Å². The quantitative estimate of drug-likeness (QED) is 0.639. The first-order valence-electron chi connectivity index (χ1n) is 11.3. The average molecular weight is 463 g/mol. The van der Waals surface area contributed by atoms with Crippen LogP contribution in [-0.2, 0) is 23.6 Å². The van der Waals surface area contributed by atoms with Gasteiger partial charge in [0, 0.05) is 83.1 Å². The van der Waals surface area contributed by atoms with Crippen molar-refractivity contribution in [1.82, 2.24) is 29.4 Å². The van der Waals surface area contributed by atoms with E-state index in [1.165, 1.54) is 17.5 Å². The van der Waals surface area contributed by atoms with E-state index in [2.05, 4.69) is 41.4 Å². The van der Waals surface area contributed by atoms with E-state index >= 15 is 0 Å². The Bertz CT molecular complexity index is 1010. The highest BCUT2D eigenvalue weighted by Gasteiger charge is 2.27. The van der Waals surface area contributed by atoms with Gasteiger partial charge in [0.05, 0.1) is 12.5 Å². The van der Waals surface area contributed by atoms with Crippen molar-refractivity contribution in [2.24, 2.45) is 13.0 Å². The summed E-state index contributed by atoms with van der Waals surface area (Å²) in [5.41, 5.74) is 2.51. The zero-order valence-corrected chi connectivity index (χ0v) is 20.1. The summed E-state index contributed by atoms with van der Waals surface area (Å²) in [6.07, 6.45) is 8.60. The van der Waals surface area contributed by atoms with Crippen LogP contribution in [0, 0.1) is 12.8 Å². The minimum atomic E-state index is -3.14. The van der Waals surface area contributed by atoms with Crippen LogP contribution >= 0.6 is 0 Å². The highest BCUT2D eigenvalue weighted by atomic mass is 32.2. The van der Waals surface area contributed by atoms with Gasteiger partial charge in [-0.3, -0.25) is 9.58 Å². The molecule has 4 heterocycles. The van der Waals surface area contributed by atoms with Crippen molar-refractivity contribution in [1.29, 1.82) is 0 Å². The first kappa shape index (κ1) is 22.9. The van der Waals surface area contributed by atoms with E-state index in [1.54, 1.807) is 12.4 Å². The van der Waals surface area contributed by atoms with Crippen LogP contribution in [0.1, 0.15) is 24.1 Å². The van der Waals surface area contributed by atoms with Gasteiger partial charge in [0.15, 0.2) is 11.6 Å². The Morgan fingerprint density at radius 2 is 1.59 bits per heavy atom. The Labute approximate surface area is 190 Å². The van der Waals surface area contributed by atoms with E-state index in [9.17, 15) is 8.42 Å². The van der Waals surface area contributed by atoms with Gasteiger partial charge in [-0.1, -0.05) is 0 Å². The van der Waals surface area contributed by atoms with E-state index in [0.29, 0.717) is 12.5 Å². The Kier molecular flexibility index (Phi) is 6.96. The van der Waals surface area contributed by atoms with Gasteiger partial charge in [0.2, 0.25) is 10.0 Å². The van der Waals surface area contributed by atoms with Gasteiger partial charge in [-0.25, -0.2) is 23.1 Å². The predicted molar refractivity (Wildman–Crippen MR) is 125 cm³/mol. The van der Waals surface area contributed by atoms with E-state index in [0.717, 1.165) is 70.3 Å². The molecule has 2 aliphatic rings. The Balaban J connectivity index is 1.34. The van der Waals surface area contributed by atoms with Crippen LogP contribution in [-0.4, -0.2) is 85.1 Å². The molecule has 0 spiro atoms. The van der Waals surface area contributed by atoms with Crippen molar-refractivity contribution in [3.63, 3.8) is 0 Å². The van der Waals surface area contributed by atoms with E-state index < -0.39 is 10.0 Å². The summed E-state index contributed by atoms with van der Waals surface area (Å²) in [7, 11) is -1.15. The molecular formula is C21H34N8O2S. The first-order chi connectivity index (χ1) is 15.3. The van der Waals surface area contributed by atoms with E-state index in [-0.39, 0.29) is 0 Å². The molecule has 176 valence electrons. The number of sulfonamides is 1. The molecule has 0 unspecified atom stereocenters. The SMILES string of the molecule is Cc1c(CN2CCN(c3nccnc3N3CCC(CNS(C)(=O)=O)CC3)CC2)cnn1C. The van der Waals surface area contributed by atoms with Crippen LogP contribution in [0.25, 0.3) is 0 Å². The molecule has 2 saturated heterocycles. The maximum Gasteiger partial charge on any atom is 0.208 e. The molecular weight excluding hydrogens is 428 g/mol. The summed E-state index contributed by atoms with van der Waals surface area (Å²) in [5.74, 6) is 2.26. The molecule has 0 aliphatic carbocycles. The molecule has 32 heavy (non-hydrogen) atoms. The summed E-state index contributed by atoms with van der Waals surface area (Å²) >= 11 is 0. The number of hydrogen-bond donors (Lipinski definition) is 1. The number of anilines is 2.